The topological polar surface area (TPSA) is 34.9 Å². The van der Waals surface area contributed by atoms with Gasteiger partial charge in [-0.15, -0.1) is 0 Å². The molecule has 4 heteroatoms. The zero-order chi connectivity index (χ0) is 11.6. The molecule has 0 radical (unpaired) electrons. The molecule has 0 aromatic carbocycles. The summed E-state index contributed by atoms with van der Waals surface area (Å²) in [6.45, 7) is 8.78. The number of rotatable bonds is 4. The van der Waals surface area contributed by atoms with Crippen LogP contribution < -0.4 is 0 Å². The van der Waals surface area contributed by atoms with Gasteiger partial charge in [0.25, 0.3) is 0 Å². The largest absolute Gasteiger partial charge is 0.292 e. The second kappa shape index (κ2) is 4.92. The fourth-order valence-electron chi connectivity index (χ4n) is 1.37. The summed E-state index contributed by atoms with van der Waals surface area (Å²) >= 11 is 3.37. The Morgan fingerprint density at radius 1 is 1.53 bits per heavy atom. The smallest absolute Gasteiger partial charge is 0.185 e. The standard InChI is InChI=1S/C11H17BrN2O/c1-5-14-10(9(12)6-13-14)11(15)8(4)7(2)3/h6-8H,5H2,1-4H3. The van der Waals surface area contributed by atoms with Crippen molar-refractivity contribution < 1.29 is 4.79 Å². The van der Waals surface area contributed by atoms with E-state index in [9.17, 15) is 4.79 Å². The van der Waals surface area contributed by atoms with Gasteiger partial charge in [0.1, 0.15) is 5.69 Å². The molecular formula is C11H17BrN2O. The van der Waals surface area contributed by atoms with Gasteiger partial charge in [-0.05, 0) is 28.8 Å². The van der Waals surface area contributed by atoms with E-state index >= 15 is 0 Å². The van der Waals surface area contributed by atoms with Crippen molar-refractivity contribution in [3.05, 3.63) is 16.4 Å². The first kappa shape index (κ1) is 12.4. The summed E-state index contributed by atoms with van der Waals surface area (Å²) < 4.78 is 2.53. The lowest BCUT2D eigenvalue weighted by atomic mass is 9.92. The molecule has 0 saturated heterocycles. The number of carbonyl (C=O) groups is 1. The lowest BCUT2D eigenvalue weighted by molar-refractivity contribution is 0.0887. The summed E-state index contributed by atoms with van der Waals surface area (Å²) in [7, 11) is 0. The van der Waals surface area contributed by atoms with Crippen LogP contribution in [0.25, 0.3) is 0 Å². The summed E-state index contributed by atoms with van der Waals surface area (Å²) in [4.78, 5) is 12.2. The zero-order valence-corrected chi connectivity index (χ0v) is 11.2. The van der Waals surface area contributed by atoms with Gasteiger partial charge < -0.3 is 0 Å². The maximum atomic E-state index is 12.2. The molecule has 0 fully saturated rings. The van der Waals surface area contributed by atoms with E-state index in [0.29, 0.717) is 11.6 Å². The van der Waals surface area contributed by atoms with Crippen LogP contribution in [0.3, 0.4) is 0 Å². The average Bonchev–Trinajstić information content (AvgIpc) is 2.57. The van der Waals surface area contributed by atoms with Gasteiger partial charge in [0.05, 0.1) is 10.7 Å². The van der Waals surface area contributed by atoms with E-state index in [4.69, 9.17) is 0 Å². The molecule has 0 saturated carbocycles. The molecule has 0 aliphatic rings. The minimum atomic E-state index is 0.0308. The van der Waals surface area contributed by atoms with Crippen LogP contribution in [0.1, 0.15) is 38.2 Å². The van der Waals surface area contributed by atoms with E-state index in [1.54, 1.807) is 10.9 Å². The third-order valence-electron chi connectivity index (χ3n) is 2.74. The SMILES string of the molecule is CCn1ncc(Br)c1C(=O)C(C)C(C)C. The van der Waals surface area contributed by atoms with E-state index in [-0.39, 0.29) is 11.7 Å². The van der Waals surface area contributed by atoms with Gasteiger partial charge >= 0.3 is 0 Å². The van der Waals surface area contributed by atoms with Crippen LogP contribution in [0.15, 0.2) is 10.7 Å². The number of nitrogens with zero attached hydrogens (tertiary/aromatic N) is 2. The molecule has 1 rings (SSSR count). The Hall–Kier alpha value is -0.640. The molecule has 15 heavy (non-hydrogen) atoms. The average molecular weight is 273 g/mol. The minimum Gasteiger partial charge on any atom is -0.292 e. The van der Waals surface area contributed by atoms with Crippen LogP contribution in [-0.4, -0.2) is 15.6 Å². The zero-order valence-electron chi connectivity index (χ0n) is 9.62. The van der Waals surface area contributed by atoms with Crippen LogP contribution in [0.2, 0.25) is 0 Å². The van der Waals surface area contributed by atoms with Crippen molar-refractivity contribution in [3.8, 4) is 0 Å². The van der Waals surface area contributed by atoms with Gasteiger partial charge in [-0.25, -0.2) is 0 Å². The first-order chi connectivity index (χ1) is 6.99. The lowest BCUT2D eigenvalue weighted by Crippen LogP contribution is -2.21. The highest BCUT2D eigenvalue weighted by Crippen LogP contribution is 2.23. The molecule has 0 aliphatic heterocycles. The van der Waals surface area contributed by atoms with Crippen molar-refractivity contribution in [2.75, 3.05) is 0 Å². The number of halogens is 1. The van der Waals surface area contributed by atoms with E-state index < -0.39 is 0 Å². The van der Waals surface area contributed by atoms with Crippen LogP contribution in [0, 0.1) is 11.8 Å². The van der Waals surface area contributed by atoms with E-state index in [1.165, 1.54) is 0 Å². The summed E-state index contributed by atoms with van der Waals surface area (Å²) in [5.41, 5.74) is 0.693. The van der Waals surface area contributed by atoms with E-state index in [1.807, 2.05) is 13.8 Å². The first-order valence-electron chi connectivity index (χ1n) is 5.24. The highest BCUT2D eigenvalue weighted by Gasteiger charge is 2.24. The number of hydrogen-bond acceptors (Lipinski definition) is 2. The molecule has 0 N–H and O–H groups in total. The van der Waals surface area contributed by atoms with Crippen LogP contribution in [0.5, 0.6) is 0 Å². The van der Waals surface area contributed by atoms with Crippen molar-refractivity contribution in [1.29, 1.82) is 0 Å². The van der Waals surface area contributed by atoms with Gasteiger partial charge in [0, 0.05) is 12.5 Å². The second-order valence-electron chi connectivity index (χ2n) is 4.05. The van der Waals surface area contributed by atoms with Crippen molar-refractivity contribution in [1.82, 2.24) is 9.78 Å². The highest BCUT2D eigenvalue weighted by molar-refractivity contribution is 9.10. The molecular weight excluding hydrogens is 256 g/mol. The monoisotopic (exact) mass is 272 g/mol. The summed E-state index contributed by atoms with van der Waals surface area (Å²) in [6, 6.07) is 0. The van der Waals surface area contributed by atoms with Crippen LogP contribution in [-0.2, 0) is 6.54 Å². The predicted molar refractivity (Wildman–Crippen MR) is 63.9 cm³/mol. The van der Waals surface area contributed by atoms with Gasteiger partial charge in [-0.1, -0.05) is 20.8 Å². The molecule has 0 bridgehead atoms. The summed E-state index contributed by atoms with van der Waals surface area (Å²) in [5, 5.41) is 4.15. The normalized spacial score (nSPS) is 13.2. The molecule has 0 aliphatic carbocycles. The number of carbonyl (C=O) groups excluding carboxylic acids is 1. The number of aromatic nitrogens is 2. The molecule has 1 aromatic rings. The maximum absolute atomic E-state index is 12.2. The molecule has 0 spiro atoms. The lowest BCUT2D eigenvalue weighted by Gasteiger charge is -2.15. The highest BCUT2D eigenvalue weighted by atomic mass is 79.9. The minimum absolute atomic E-state index is 0.0308. The third-order valence-corrected chi connectivity index (χ3v) is 3.32. The number of aryl methyl sites for hydroxylation is 1. The Balaban J connectivity index is 3.04. The number of hydrogen-bond donors (Lipinski definition) is 0. The van der Waals surface area contributed by atoms with Crippen molar-refractivity contribution in [2.45, 2.75) is 34.2 Å². The molecule has 1 unspecified atom stereocenters. The quantitative estimate of drug-likeness (QED) is 0.790. The van der Waals surface area contributed by atoms with Gasteiger partial charge in [0.2, 0.25) is 0 Å². The van der Waals surface area contributed by atoms with Gasteiger partial charge in [-0.3, -0.25) is 9.48 Å². The second-order valence-corrected chi connectivity index (χ2v) is 4.91. The van der Waals surface area contributed by atoms with Crippen LogP contribution >= 0.6 is 15.9 Å². The van der Waals surface area contributed by atoms with Gasteiger partial charge in [0.15, 0.2) is 5.78 Å². The molecule has 3 nitrogen and oxygen atoms in total. The summed E-state index contributed by atoms with van der Waals surface area (Å²) in [6.07, 6.45) is 1.68. The maximum Gasteiger partial charge on any atom is 0.185 e. The number of ketones is 1. The van der Waals surface area contributed by atoms with Crippen molar-refractivity contribution in [2.24, 2.45) is 11.8 Å². The molecule has 84 valence electrons. The molecule has 1 aromatic heterocycles. The Kier molecular flexibility index (Phi) is 4.08. The van der Waals surface area contributed by atoms with Crippen molar-refractivity contribution in [3.63, 3.8) is 0 Å². The predicted octanol–water partition coefficient (Wildman–Crippen LogP) is 3.14. The number of Topliss-reactive ketones (excluding diaryl/α,β-unsaturated/α-hetero) is 1. The Labute approximate surface area is 99.0 Å². The fraction of sp³-hybridized carbons (Fsp3) is 0.636. The summed E-state index contributed by atoms with van der Waals surface area (Å²) in [5.74, 6) is 0.545. The van der Waals surface area contributed by atoms with E-state index in [0.717, 1.165) is 11.0 Å². The Bertz CT molecular complexity index is 357. The van der Waals surface area contributed by atoms with Crippen molar-refractivity contribution >= 4 is 21.7 Å². The fourth-order valence-corrected chi connectivity index (χ4v) is 1.86. The van der Waals surface area contributed by atoms with Crippen LogP contribution in [0.4, 0.5) is 0 Å². The first-order valence-corrected chi connectivity index (χ1v) is 6.03. The Morgan fingerprint density at radius 2 is 2.13 bits per heavy atom. The Morgan fingerprint density at radius 3 is 2.60 bits per heavy atom. The molecule has 1 atom stereocenters. The van der Waals surface area contributed by atoms with E-state index in [2.05, 4.69) is 34.9 Å². The third kappa shape index (κ3) is 2.48. The molecule has 1 heterocycles. The van der Waals surface area contributed by atoms with Gasteiger partial charge in [-0.2, -0.15) is 5.10 Å². The molecule has 0 amide bonds.